The van der Waals surface area contributed by atoms with E-state index in [1.54, 1.807) is 12.1 Å². The molecule has 0 bridgehead atoms. The number of hydrogen-bond acceptors (Lipinski definition) is 3. The molecule has 3 rings (SSSR count). The topological polar surface area (TPSA) is 46.2 Å². The minimum absolute atomic E-state index is 0.330. The maximum Gasteiger partial charge on any atom is 0.175 e. The van der Waals surface area contributed by atoms with Gasteiger partial charge in [-0.15, -0.1) is 0 Å². The molecule has 0 aromatic heterocycles. The van der Waals surface area contributed by atoms with E-state index in [4.69, 9.17) is 0 Å². The van der Waals surface area contributed by atoms with E-state index in [1.807, 2.05) is 13.0 Å². The van der Waals surface area contributed by atoms with Crippen molar-refractivity contribution in [3.05, 3.63) is 59.2 Å². The van der Waals surface area contributed by atoms with Crippen LogP contribution in [-0.2, 0) is 22.7 Å². The summed E-state index contributed by atoms with van der Waals surface area (Å²) in [7, 11) is -3.17. The van der Waals surface area contributed by atoms with Gasteiger partial charge in [-0.3, -0.25) is 0 Å². The van der Waals surface area contributed by atoms with E-state index >= 15 is 0 Å². The van der Waals surface area contributed by atoms with E-state index in [0.29, 0.717) is 10.9 Å². The molecule has 1 N–H and O–H groups in total. The summed E-state index contributed by atoms with van der Waals surface area (Å²) in [6.45, 7) is 2.00. The van der Waals surface area contributed by atoms with Crippen LogP contribution in [0.1, 0.15) is 16.7 Å². The number of aryl methyl sites for hydroxylation is 1. The summed E-state index contributed by atoms with van der Waals surface area (Å²) in [4.78, 5) is 0.367. The molecule has 1 aliphatic rings. The van der Waals surface area contributed by atoms with Crippen LogP contribution in [0.2, 0.25) is 0 Å². The summed E-state index contributed by atoms with van der Waals surface area (Å²) in [5.74, 6) is 0. The second kappa shape index (κ2) is 5.19. The molecule has 0 radical (unpaired) electrons. The van der Waals surface area contributed by atoms with Crippen molar-refractivity contribution >= 4 is 15.5 Å². The lowest BCUT2D eigenvalue weighted by molar-refractivity contribution is 0.602. The molecule has 0 atom stereocenters. The van der Waals surface area contributed by atoms with Gasteiger partial charge in [-0.25, -0.2) is 8.42 Å². The van der Waals surface area contributed by atoms with Crippen LogP contribution in [-0.4, -0.2) is 20.7 Å². The molecular formula is C17H19NO2S. The van der Waals surface area contributed by atoms with Gasteiger partial charge in [0, 0.05) is 18.0 Å². The molecule has 110 valence electrons. The number of benzene rings is 2. The molecular weight excluding hydrogens is 282 g/mol. The molecule has 4 heteroatoms. The van der Waals surface area contributed by atoms with Crippen molar-refractivity contribution in [3.8, 4) is 0 Å². The number of sulfone groups is 1. The molecule has 1 aliphatic carbocycles. The monoisotopic (exact) mass is 301 g/mol. The summed E-state index contributed by atoms with van der Waals surface area (Å²) in [5, 5.41) is 3.50. The van der Waals surface area contributed by atoms with Crippen LogP contribution in [0.3, 0.4) is 0 Å². The Labute approximate surface area is 125 Å². The largest absolute Gasteiger partial charge is 0.381 e. The van der Waals surface area contributed by atoms with Crippen molar-refractivity contribution < 1.29 is 8.42 Å². The number of nitrogens with one attached hydrogen (secondary N) is 1. The third kappa shape index (κ3) is 2.95. The van der Waals surface area contributed by atoms with E-state index in [9.17, 15) is 8.42 Å². The highest BCUT2D eigenvalue weighted by Gasteiger charge is 2.21. The zero-order valence-electron chi connectivity index (χ0n) is 12.3. The molecule has 0 spiro atoms. The number of fused-ring (bicyclic) bond motifs is 1. The molecule has 0 fully saturated rings. The van der Waals surface area contributed by atoms with Gasteiger partial charge in [0.05, 0.1) is 4.90 Å². The Morgan fingerprint density at radius 2 is 1.67 bits per heavy atom. The highest BCUT2D eigenvalue weighted by Crippen LogP contribution is 2.27. The first-order chi connectivity index (χ1) is 9.93. The van der Waals surface area contributed by atoms with Crippen molar-refractivity contribution in [2.24, 2.45) is 0 Å². The third-order valence-corrected chi connectivity index (χ3v) is 5.16. The van der Waals surface area contributed by atoms with Gasteiger partial charge < -0.3 is 5.32 Å². The maximum atomic E-state index is 11.7. The SMILES string of the molecule is Cc1ccc(S(C)(=O)=O)cc1NC1Cc2ccccc2C1. The Balaban J connectivity index is 1.84. The average Bonchev–Trinajstić information content (AvgIpc) is 2.82. The fourth-order valence-corrected chi connectivity index (χ4v) is 3.52. The minimum atomic E-state index is -3.17. The first kappa shape index (κ1) is 14.1. The lowest BCUT2D eigenvalue weighted by Crippen LogP contribution is -2.20. The zero-order chi connectivity index (χ0) is 15.0. The number of hydrogen-bond donors (Lipinski definition) is 1. The van der Waals surface area contributed by atoms with Gasteiger partial charge in [0.25, 0.3) is 0 Å². The average molecular weight is 301 g/mol. The Morgan fingerprint density at radius 1 is 1.05 bits per heavy atom. The lowest BCUT2D eigenvalue weighted by Gasteiger charge is -2.16. The van der Waals surface area contributed by atoms with Gasteiger partial charge in [0.2, 0.25) is 0 Å². The Bertz CT molecular complexity index is 756. The van der Waals surface area contributed by atoms with E-state index in [0.717, 1.165) is 24.1 Å². The molecule has 0 saturated carbocycles. The third-order valence-electron chi connectivity index (χ3n) is 4.05. The fourth-order valence-electron chi connectivity index (χ4n) is 2.87. The summed E-state index contributed by atoms with van der Waals surface area (Å²) in [6.07, 6.45) is 3.21. The van der Waals surface area contributed by atoms with Crippen LogP contribution in [0.5, 0.6) is 0 Å². The molecule has 2 aromatic rings. The second-order valence-electron chi connectivity index (χ2n) is 5.77. The molecule has 21 heavy (non-hydrogen) atoms. The maximum absolute atomic E-state index is 11.7. The zero-order valence-corrected chi connectivity index (χ0v) is 13.1. The first-order valence-electron chi connectivity index (χ1n) is 7.07. The second-order valence-corrected chi connectivity index (χ2v) is 7.78. The van der Waals surface area contributed by atoms with E-state index in [-0.39, 0.29) is 0 Å². The Kier molecular flexibility index (Phi) is 3.49. The van der Waals surface area contributed by atoms with Gasteiger partial charge in [0.1, 0.15) is 0 Å². The van der Waals surface area contributed by atoms with E-state index in [1.165, 1.54) is 17.4 Å². The molecule has 0 unspecified atom stereocenters. The summed E-state index contributed by atoms with van der Waals surface area (Å²) in [6, 6.07) is 14.1. The molecule has 0 aliphatic heterocycles. The van der Waals surface area contributed by atoms with Gasteiger partial charge in [-0.05, 0) is 48.6 Å². The number of rotatable bonds is 3. The van der Waals surface area contributed by atoms with Gasteiger partial charge in [-0.2, -0.15) is 0 Å². The fraction of sp³-hybridized carbons (Fsp3) is 0.294. The smallest absolute Gasteiger partial charge is 0.175 e. The van der Waals surface area contributed by atoms with Crippen molar-refractivity contribution in [1.29, 1.82) is 0 Å². The summed E-state index contributed by atoms with van der Waals surface area (Å²) in [5.41, 5.74) is 4.74. The number of anilines is 1. The van der Waals surface area contributed by atoms with Gasteiger partial charge >= 0.3 is 0 Å². The molecule has 3 nitrogen and oxygen atoms in total. The highest BCUT2D eigenvalue weighted by atomic mass is 32.2. The molecule has 2 aromatic carbocycles. The van der Waals surface area contributed by atoms with E-state index in [2.05, 4.69) is 29.6 Å². The Hall–Kier alpha value is -1.81. The molecule has 0 amide bonds. The van der Waals surface area contributed by atoms with Crippen LogP contribution in [0.4, 0.5) is 5.69 Å². The van der Waals surface area contributed by atoms with Crippen LogP contribution in [0.15, 0.2) is 47.4 Å². The minimum Gasteiger partial charge on any atom is -0.381 e. The highest BCUT2D eigenvalue weighted by molar-refractivity contribution is 7.90. The van der Waals surface area contributed by atoms with Crippen LogP contribution in [0.25, 0.3) is 0 Å². The predicted molar refractivity (Wildman–Crippen MR) is 85.5 cm³/mol. The van der Waals surface area contributed by atoms with Crippen LogP contribution >= 0.6 is 0 Å². The predicted octanol–water partition coefficient (Wildman–Crippen LogP) is 2.98. The first-order valence-corrected chi connectivity index (χ1v) is 8.96. The molecule has 0 saturated heterocycles. The van der Waals surface area contributed by atoms with E-state index < -0.39 is 9.84 Å². The standard InChI is InChI=1S/C17H19NO2S/c1-12-7-8-16(21(2,19)20)11-17(12)18-15-9-13-5-3-4-6-14(13)10-15/h3-8,11,15,18H,9-10H2,1-2H3. The van der Waals surface area contributed by atoms with Gasteiger partial charge in [-0.1, -0.05) is 30.3 Å². The Morgan fingerprint density at radius 3 is 2.24 bits per heavy atom. The van der Waals surface area contributed by atoms with Crippen molar-refractivity contribution in [3.63, 3.8) is 0 Å². The van der Waals surface area contributed by atoms with Crippen molar-refractivity contribution in [2.45, 2.75) is 30.7 Å². The van der Waals surface area contributed by atoms with Crippen molar-refractivity contribution in [1.82, 2.24) is 0 Å². The quantitative estimate of drug-likeness (QED) is 0.948. The summed E-state index contributed by atoms with van der Waals surface area (Å²) < 4.78 is 23.4. The summed E-state index contributed by atoms with van der Waals surface area (Å²) >= 11 is 0. The lowest BCUT2D eigenvalue weighted by atomic mass is 10.1. The molecule has 0 heterocycles. The van der Waals surface area contributed by atoms with Gasteiger partial charge in [0.15, 0.2) is 9.84 Å². The van der Waals surface area contributed by atoms with Crippen molar-refractivity contribution in [2.75, 3.05) is 11.6 Å². The normalized spacial score (nSPS) is 15.0. The van der Waals surface area contributed by atoms with Crippen LogP contribution in [0, 0.1) is 6.92 Å². The van der Waals surface area contributed by atoms with Crippen LogP contribution < -0.4 is 5.32 Å².